The summed E-state index contributed by atoms with van der Waals surface area (Å²) in [5.74, 6) is -0.130. The second-order valence-electron chi connectivity index (χ2n) is 4.11. The second kappa shape index (κ2) is 6.71. The van der Waals surface area contributed by atoms with E-state index in [-0.39, 0.29) is 5.91 Å². The highest BCUT2D eigenvalue weighted by atomic mass is 32.1. The van der Waals surface area contributed by atoms with Crippen LogP contribution in [0.2, 0.25) is 0 Å². The zero-order valence-electron chi connectivity index (χ0n) is 10.7. The minimum Gasteiger partial charge on any atom is -0.320 e. The van der Waals surface area contributed by atoms with E-state index in [9.17, 15) is 4.79 Å². The van der Waals surface area contributed by atoms with Crippen LogP contribution in [0, 0.1) is 6.92 Å². The fourth-order valence-corrected chi connectivity index (χ4v) is 2.47. The summed E-state index contributed by atoms with van der Waals surface area (Å²) in [5, 5.41) is 3.45. The predicted molar refractivity (Wildman–Crippen MR) is 72.4 cm³/mol. The lowest BCUT2D eigenvalue weighted by molar-refractivity contribution is -0.117. The number of rotatable bonds is 6. The van der Waals surface area contributed by atoms with E-state index in [0.717, 1.165) is 36.3 Å². The molecule has 1 rings (SSSR count). The van der Waals surface area contributed by atoms with Gasteiger partial charge < -0.3 is 11.1 Å². The van der Waals surface area contributed by atoms with Crippen molar-refractivity contribution in [1.82, 2.24) is 4.98 Å². The van der Waals surface area contributed by atoms with Gasteiger partial charge in [-0.05, 0) is 19.8 Å². The number of nitrogens with one attached hydrogen (secondary N) is 1. The van der Waals surface area contributed by atoms with Gasteiger partial charge in [0.15, 0.2) is 5.13 Å². The van der Waals surface area contributed by atoms with Crippen LogP contribution in [0.5, 0.6) is 0 Å². The molecule has 4 nitrogen and oxygen atoms in total. The molecule has 1 aromatic heterocycles. The normalized spacial score (nSPS) is 12.5. The Labute approximate surface area is 107 Å². The molecule has 17 heavy (non-hydrogen) atoms. The van der Waals surface area contributed by atoms with Crippen molar-refractivity contribution in [3.05, 3.63) is 10.6 Å². The molecule has 96 valence electrons. The number of carbonyl (C=O) groups is 1. The number of anilines is 1. The zero-order valence-corrected chi connectivity index (χ0v) is 11.6. The number of aromatic nitrogens is 1. The van der Waals surface area contributed by atoms with E-state index in [4.69, 9.17) is 5.73 Å². The van der Waals surface area contributed by atoms with Gasteiger partial charge in [-0.2, -0.15) is 0 Å². The lowest BCUT2D eigenvalue weighted by atomic mass is 10.1. The third-order valence-electron chi connectivity index (χ3n) is 2.66. The highest BCUT2D eigenvalue weighted by Gasteiger charge is 2.15. The highest BCUT2D eigenvalue weighted by Crippen LogP contribution is 2.22. The Morgan fingerprint density at radius 2 is 2.24 bits per heavy atom. The van der Waals surface area contributed by atoms with Crippen LogP contribution in [0.3, 0.4) is 0 Å². The first-order valence-corrected chi connectivity index (χ1v) is 6.92. The van der Waals surface area contributed by atoms with Crippen molar-refractivity contribution >= 4 is 22.4 Å². The molecule has 0 spiro atoms. The Bertz CT molecular complexity index is 376. The van der Waals surface area contributed by atoms with Crippen LogP contribution in [0.4, 0.5) is 5.13 Å². The number of amides is 1. The number of hydrogen-bond acceptors (Lipinski definition) is 4. The fourth-order valence-electron chi connectivity index (χ4n) is 1.56. The van der Waals surface area contributed by atoms with E-state index in [0.29, 0.717) is 5.13 Å². The smallest absolute Gasteiger partial charge is 0.243 e. The maximum absolute atomic E-state index is 11.8. The van der Waals surface area contributed by atoms with Crippen LogP contribution in [0.15, 0.2) is 0 Å². The van der Waals surface area contributed by atoms with E-state index in [2.05, 4.69) is 24.1 Å². The summed E-state index contributed by atoms with van der Waals surface area (Å²) in [6.07, 6.45) is 3.65. The summed E-state index contributed by atoms with van der Waals surface area (Å²) in [4.78, 5) is 17.3. The van der Waals surface area contributed by atoms with Crippen LogP contribution < -0.4 is 11.1 Å². The molecular formula is C12H21N3OS. The van der Waals surface area contributed by atoms with Crippen molar-refractivity contribution in [2.24, 2.45) is 5.73 Å². The monoisotopic (exact) mass is 255 g/mol. The molecule has 0 aliphatic rings. The molecule has 1 heterocycles. The molecule has 3 N–H and O–H groups in total. The molecule has 0 unspecified atom stereocenters. The first kappa shape index (κ1) is 14.1. The van der Waals surface area contributed by atoms with E-state index in [1.165, 1.54) is 11.3 Å². The van der Waals surface area contributed by atoms with Crippen molar-refractivity contribution in [3.63, 3.8) is 0 Å². The summed E-state index contributed by atoms with van der Waals surface area (Å²) in [6, 6.07) is -0.427. The van der Waals surface area contributed by atoms with Crippen molar-refractivity contribution in [2.45, 2.75) is 52.5 Å². The Balaban J connectivity index is 2.55. The molecule has 0 saturated carbocycles. The zero-order chi connectivity index (χ0) is 12.8. The van der Waals surface area contributed by atoms with Gasteiger partial charge >= 0.3 is 0 Å². The Morgan fingerprint density at radius 3 is 2.76 bits per heavy atom. The largest absolute Gasteiger partial charge is 0.320 e. The average molecular weight is 255 g/mol. The summed E-state index contributed by atoms with van der Waals surface area (Å²) in [5.41, 5.74) is 6.84. The van der Waals surface area contributed by atoms with Gasteiger partial charge in [-0.15, -0.1) is 11.3 Å². The number of thiazole rings is 1. The lowest BCUT2D eigenvalue weighted by Crippen LogP contribution is -2.35. The maximum atomic E-state index is 11.8. The molecule has 1 atom stereocenters. The van der Waals surface area contributed by atoms with Crippen molar-refractivity contribution < 1.29 is 4.79 Å². The van der Waals surface area contributed by atoms with E-state index < -0.39 is 6.04 Å². The Morgan fingerprint density at radius 1 is 1.53 bits per heavy atom. The van der Waals surface area contributed by atoms with Crippen molar-refractivity contribution in [3.8, 4) is 0 Å². The summed E-state index contributed by atoms with van der Waals surface area (Å²) < 4.78 is 0. The number of hydrogen-bond donors (Lipinski definition) is 2. The van der Waals surface area contributed by atoms with Gasteiger partial charge in [0.25, 0.3) is 0 Å². The van der Waals surface area contributed by atoms with Gasteiger partial charge in [0.1, 0.15) is 0 Å². The van der Waals surface area contributed by atoms with Crippen LogP contribution in [0.25, 0.3) is 0 Å². The van der Waals surface area contributed by atoms with E-state index >= 15 is 0 Å². The molecule has 0 aromatic carbocycles. The number of nitrogens with two attached hydrogens (primary N) is 1. The van der Waals surface area contributed by atoms with Crippen molar-refractivity contribution in [2.75, 3.05) is 5.32 Å². The standard InChI is InChI=1S/C12H21N3OS/c1-4-6-7-9(13)11(16)15-12-14-10(5-2)8(3)17-12/h9H,4-7,13H2,1-3H3,(H,14,15,16)/t9-/m0/s1. The minimum atomic E-state index is -0.427. The first-order valence-electron chi connectivity index (χ1n) is 6.11. The average Bonchev–Trinajstić information content (AvgIpc) is 2.66. The molecule has 0 aliphatic carbocycles. The molecule has 5 heteroatoms. The van der Waals surface area contributed by atoms with Crippen molar-refractivity contribution in [1.29, 1.82) is 0 Å². The van der Waals surface area contributed by atoms with Gasteiger partial charge in [0.05, 0.1) is 11.7 Å². The third kappa shape index (κ3) is 4.09. The topological polar surface area (TPSA) is 68.0 Å². The van der Waals surface area contributed by atoms with Crippen LogP contribution in [-0.4, -0.2) is 16.9 Å². The molecule has 1 aromatic rings. The SMILES string of the molecule is CCCC[C@H](N)C(=O)Nc1nc(CC)c(C)s1. The number of unbranched alkanes of at least 4 members (excludes halogenated alkanes) is 1. The maximum Gasteiger partial charge on any atom is 0.243 e. The number of aryl methyl sites for hydroxylation is 2. The Hall–Kier alpha value is -0.940. The lowest BCUT2D eigenvalue weighted by Gasteiger charge is -2.09. The molecular weight excluding hydrogens is 234 g/mol. The van der Waals surface area contributed by atoms with Crippen LogP contribution in [0.1, 0.15) is 43.7 Å². The molecule has 1 amide bonds. The van der Waals surface area contributed by atoms with Gasteiger partial charge in [-0.1, -0.05) is 26.7 Å². The van der Waals surface area contributed by atoms with Crippen LogP contribution in [-0.2, 0) is 11.2 Å². The summed E-state index contributed by atoms with van der Waals surface area (Å²) >= 11 is 1.51. The summed E-state index contributed by atoms with van der Waals surface area (Å²) in [7, 11) is 0. The fraction of sp³-hybridized carbons (Fsp3) is 0.667. The van der Waals surface area contributed by atoms with Gasteiger partial charge in [-0.3, -0.25) is 4.79 Å². The number of carbonyl (C=O) groups excluding carboxylic acids is 1. The quantitative estimate of drug-likeness (QED) is 0.820. The van der Waals surface area contributed by atoms with E-state index in [1.54, 1.807) is 0 Å². The predicted octanol–water partition coefficient (Wildman–Crippen LogP) is 2.47. The highest BCUT2D eigenvalue weighted by molar-refractivity contribution is 7.15. The van der Waals surface area contributed by atoms with Gasteiger partial charge in [0, 0.05) is 4.88 Å². The second-order valence-corrected chi connectivity index (χ2v) is 5.32. The molecule has 0 aliphatic heterocycles. The number of nitrogens with zero attached hydrogens (tertiary/aromatic N) is 1. The molecule has 0 fully saturated rings. The van der Waals surface area contributed by atoms with Gasteiger partial charge in [0.2, 0.25) is 5.91 Å². The minimum absolute atomic E-state index is 0.130. The molecule has 0 saturated heterocycles. The third-order valence-corrected chi connectivity index (χ3v) is 3.59. The first-order chi connectivity index (χ1) is 8.08. The Kier molecular flexibility index (Phi) is 5.58. The van der Waals surface area contributed by atoms with Gasteiger partial charge in [-0.25, -0.2) is 4.98 Å². The van der Waals surface area contributed by atoms with Crippen LogP contribution >= 0.6 is 11.3 Å². The molecule has 0 radical (unpaired) electrons. The van der Waals surface area contributed by atoms with E-state index in [1.807, 2.05) is 6.92 Å². The molecule has 0 bridgehead atoms. The summed E-state index contributed by atoms with van der Waals surface area (Å²) in [6.45, 7) is 6.16.